The predicted molar refractivity (Wildman–Crippen MR) is 147 cm³/mol. The number of nitrogens with one attached hydrogen (secondary N) is 1. The average Bonchev–Trinajstić information content (AvgIpc) is 3.15. The standard InChI is InChI=1S/C30H39FN4O/c1-5-35(16-15-32-27-19-25(36-4)17-22-7-6-14-33-30(22)27)24-11-8-21(9-12-24)29-20(2)34(3)28-13-10-23(31)18-26(28)29/h6-7,10,13-14,17-21,24,29,32H,5,8-9,11-12,15-16H2,1-4H3. The van der Waals surface area contributed by atoms with Gasteiger partial charge in [-0.3, -0.25) is 9.88 Å². The van der Waals surface area contributed by atoms with E-state index in [1.165, 1.54) is 36.9 Å². The summed E-state index contributed by atoms with van der Waals surface area (Å²) in [4.78, 5) is 9.55. The fraction of sp³-hybridized carbons (Fsp3) is 0.500. The highest BCUT2D eigenvalue weighted by atomic mass is 19.1. The summed E-state index contributed by atoms with van der Waals surface area (Å²) in [5.74, 6) is 1.77. The fourth-order valence-corrected chi connectivity index (χ4v) is 6.66. The molecule has 0 saturated heterocycles. The summed E-state index contributed by atoms with van der Waals surface area (Å²) in [5.41, 5.74) is 4.42. The number of anilines is 2. The molecule has 5 nitrogen and oxygen atoms in total. The van der Waals surface area contributed by atoms with Gasteiger partial charge < -0.3 is 15.0 Å². The summed E-state index contributed by atoms with van der Waals surface area (Å²) in [6.07, 6.45) is 6.67. The number of hydrogen-bond acceptors (Lipinski definition) is 5. The SMILES string of the molecule is CCN(CCNc1cc(OC)cc2cccnc12)C1CCC(C2c3cc(F)ccc3N(C)C2C)CC1. The number of hydrogen-bond donors (Lipinski definition) is 1. The third-order valence-electron chi connectivity index (χ3n) is 8.66. The molecule has 0 amide bonds. The van der Waals surface area contributed by atoms with Crippen molar-refractivity contribution >= 4 is 22.3 Å². The van der Waals surface area contributed by atoms with Gasteiger partial charge in [-0.05, 0) is 81.0 Å². The Hall–Kier alpha value is -2.86. The summed E-state index contributed by atoms with van der Waals surface area (Å²) in [7, 11) is 3.86. The summed E-state index contributed by atoms with van der Waals surface area (Å²) >= 11 is 0. The molecule has 2 aromatic carbocycles. The zero-order valence-electron chi connectivity index (χ0n) is 22.0. The fourth-order valence-electron chi connectivity index (χ4n) is 6.66. The minimum atomic E-state index is -0.112. The van der Waals surface area contributed by atoms with Crippen LogP contribution in [0.5, 0.6) is 5.75 Å². The molecule has 2 aliphatic rings. The van der Waals surface area contributed by atoms with E-state index < -0.39 is 0 Å². The van der Waals surface area contributed by atoms with Crippen molar-refractivity contribution in [3.05, 3.63) is 60.0 Å². The molecular weight excluding hydrogens is 451 g/mol. The Kier molecular flexibility index (Phi) is 7.33. The first-order chi connectivity index (χ1) is 17.5. The molecule has 0 bridgehead atoms. The summed E-state index contributed by atoms with van der Waals surface area (Å²) in [6, 6.07) is 14.5. The van der Waals surface area contributed by atoms with Crippen molar-refractivity contribution in [2.75, 3.05) is 44.0 Å². The molecule has 2 unspecified atom stereocenters. The lowest BCUT2D eigenvalue weighted by Crippen LogP contribution is -2.42. The lowest BCUT2D eigenvalue weighted by atomic mass is 9.73. The molecule has 36 heavy (non-hydrogen) atoms. The Bertz CT molecular complexity index is 1190. The van der Waals surface area contributed by atoms with Crippen molar-refractivity contribution in [1.29, 1.82) is 0 Å². The number of pyridine rings is 1. The first kappa shape index (κ1) is 24.8. The van der Waals surface area contributed by atoms with Crippen molar-refractivity contribution in [1.82, 2.24) is 9.88 Å². The van der Waals surface area contributed by atoms with Crippen molar-refractivity contribution in [2.45, 2.75) is 57.5 Å². The smallest absolute Gasteiger partial charge is 0.123 e. The molecule has 1 N–H and O–H groups in total. The topological polar surface area (TPSA) is 40.6 Å². The molecule has 5 rings (SSSR count). The van der Waals surface area contributed by atoms with Gasteiger partial charge in [0.05, 0.1) is 18.3 Å². The van der Waals surface area contributed by atoms with Crippen molar-refractivity contribution in [2.24, 2.45) is 5.92 Å². The van der Waals surface area contributed by atoms with Crippen LogP contribution < -0.4 is 15.0 Å². The highest BCUT2D eigenvalue weighted by Crippen LogP contribution is 2.48. The minimum Gasteiger partial charge on any atom is -0.497 e. The van der Waals surface area contributed by atoms with Crippen LogP contribution in [0.1, 0.15) is 51.0 Å². The predicted octanol–water partition coefficient (Wildman–Crippen LogP) is 6.30. The van der Waals surface area contributed by atoms with E-state index in [0.717, 1.165) is 42.0 Å². The molecule has 1 aliphatic carbocycles. The van der Waals surface area contributed by atoms with Gasteiger partial charge in [0.2, 0.25) is 0 Å². The van der Waals surface area contributed by atoms with Gasteiger partial charge in [0.1, 0.15) is 11.6 Å². The highest BCUT2D eigenvalue weighted by molar-refractivity contribution is 5.91. The molecule has 0 spiro atoms. The Morgan fingerprint density at radius 3 is 2.69 bits per heavy atom. The minimum absolute atomic E-state index is 0.112. The van der Waals surface area contributed by atoms with Gasteiger partial charge in [-0.25, -0.2) is 4.39 Å². The number of halogens is 1. The third-order valence-corrected chi connectivity index (χ3v) is 8.66. The maximum atomic E-state index is 14.1. The van der Waals surface area contributed by atoms with Gasteiger partial charge in [0.15, 0.2) is 0 Å². The highest BCUT2D eigenvalue weighted by Gasteiger charge is 2.40. The molecule has 3 aromatic rings. The van der Waals surface area contributed by atoms with Crippen LogP contribution >= 0.6 is 0 Å². The van der Waals surface area contributed by atoms with E-state index in [2.05, 4.69) is 47.1 Å². The second-order valence-corrected chi connectivity index (χ2v) is 10.5. The zero-order valence-corrected chi connectivity index (χ0v) is 22.0. The van der Waals surface area contributed by atoms with Gasteiger partial charge >= 0.3 is 0 Å². The zero-order chi connectivity index (χ0) is 25.2. The molecular formula is C30H39FN4O. The number of rotatable bonds is 8. The van der Waals surface area contributed by atoms with Crippen LogP contribution in [0, 0.1) is 11.7 Å². The van der Waals surface area contributed by atoms with E-state index in [4.69, 9.17) is 4.74 Å². The number of methoxy groups -OCH3 is 1. The maximum Gasteiger partial charge on any atom is 0.123 e. The number of benzene rings is 2. The molecule has 192 valence electrons. The van der Waals surface area contributed by atoms with Crippen LogP contribution in [0.2, 0.25) is 0 Å². The Balaban J connectivity index is 1.20. The van der Waals surface area contributed by atoms with Crippen molar-refractivity contribution in [3.8, 4) is 5.75 Å². The Labute approximate surface area is 214 Å². The van der Waals surface area contributed by atoms with E-state index in [0.29, 0.717) is 23.9 Å². The Morgan fingerprint density at radius 1 is 1.14 bits per heavy atom. The molecule has 1 fully saturated rings. The molecule has 2 atom stereocenters. The normalized spacial score (nSPS) is 23.8. The van der Waals surface area contributed by atoms with Gasteiger partial charge in [-0.2, -0.15) is 0 Å². The van der Waals surface area contributed by atoms with Crippen LogP contribution in [0.3, 0.4) is 0 Å². The van der Waals surface area contributed by atoms with E-state index in [1.807, 2.05) is 30.5 Å². The quantitative estimate of drug-likeness (QED) is 0.401. The largest absolute Gasteiger partial charge is 0.497 e. The monoisotopic (exact) mass is 490 g/mol. The summed E-state index contributed by atoms with van der Waals surface area (Å²) in [5, 5.41) is 4.70. The van der Waals surface area contributed by atoms with E-state index in [-0.39, 0.29) is 5.82 Å². The van der Waals surface area contributed by atoms with Crippen molar-refractivity contribution < 1.29 is 9.13 Å². The van der Waals surface area contributed by atoms with Crippen LogP contribution in [0.15, 0.2) is 48.7 Å². The summed E-state index contributed by atoms with van der Waals surface area (Å²) in [6.45, 7) is 7.47. The van der Waals surface area contributed by atoms with Crippen LogP contribution in [-0.2, 0) is 0 Å². The van der Waals surface area contributed by atoms with Crippen molar-refractivity contribution in [3.63, 3.8) is 0 Å². The molecule has 1 aliphatic heterocycles. The first-order valence-electron chi connectivity index (χ1n) is 13.4. The molecule has 1 saturated carbocycles. The summed E-state index contributed by atoms with van der Waals surface area (Å²) < 4.78 is 19.6. The molecule has 2 heterocycles. The van der Waals surface area contributed by atoms with Crippen LogP contribution in [0.25, 0.3) is 10.9 Å². The van der Waals surface area contributed by atoms with Gasteiger partial charge in [-0.15, -0.1) is 0 Å². The third kappa shape index (κ3) is 4.75. The van der Waals surface area contributed by atoms with Gasteiger partial charge in [-0.1, -0.05) is 13.0 Å². The number of aromatic nitrogens is 1. The van der Waals surface area contributed by atoms with Gasteiger partial charge in [0.25, 0.3) is 0 Å². The molecule has 1 aromatic heterocycles. The number of ether oxygens (including phenoxy) is 1. The van der Waals surface area contributed by atoms with E-state index in [9.17, 15) is 4.39 Å². The Morgan fingerprint density at radius 2 is 1.94 bits per heavy atom. The molecule has 0 radical (unpaired) electrons. The lowest BCUT2D eigenvalue weighted by Gasteiger charge is -2.39. The average molecular weight is 491 g/mol. The number of fused-ring (bicyclic) bond motifs is 2. The first-order valence-corrected chi connectivity index (χ1v) is 13.4. The number of likely N-dealkylation sites (N-methyl/N-ethyl adjacent to an activating group) is 2. The second kappa shape index (κ2) is 10.6. The maximum absolute atomic E-state index is 14.1. The van der Waals surface area contributed by atoms with E-state index >= 15 is 0 Å². The van der Waals surface area contributed by atoms with Gasteiger partial charge in [0, 0.05) is 61.5 Å². The van der Waals surface area contributed by atoms with Crippen LogP contribution in [0.4, 0.5) is 15.8 Å². The van der Waals surface area contributed by atoms with E-state index in [1.54, 1.807) is 19.2 Å². The molecule has 6 heteroatoms. The lowest BCUT2D eigenvalue weighted by molar-refractivity contribution is 0.136. The number of nitrogens with zero attached hydrogens (tertiary/aromatic N) is 3. The van der Waals surface area contributed by atoms with Crippen LogP contribution in [-0.4, -0.2) is 55.8 Å². The second-order valence-electron chi connectivity index (χ2n) is 10.5.